The van der Waals surface area contributed by atoms with Crippen molar-refractivity contribution >= 4 is 34.8 Å². The number of nitrogens with zero attached hydrogens (tertiary/aromatic N) is 1. The third-order valence-electron chi connectivity index (χ3n) is 4.60. The number of carbonyl (C=O) groups excluding carboxylic acids is 2. The van der Waals surface area contributed by atoms with Crippen LogP contribution < -0.4 is 15.4 Å². The van der Waals surface area contributed by atoms with Gasteiger partial charge in [-0.3, -0.25) is 14.5 Å². The monoisotopic (exact) mass is 437 g/mol. The maximum absolute atomic E-state index is 12.5. The minimum atomic E-state index is -0.262. The summed E-state index contributed by atoms with van der Waals surface area (Å²) >= 11 is 6.18. The standard InChI is InChI=1S/C24H24ClN3O3/c1-28(15-18-7-3-4-8-20(18)25)16-23(29)26-19-13-11-17(12-14-19)24(30)27-21-9-5-6-10-22(21)31-2/h3-14H,15-16H2,1-2H3,(H,26,29)(H,27,30). The van der Waals surface area contributed by atoms with E-state index in [1.807, 2.05) is 48.3 Å². The largest absolute Gasteiger partial charge is 0.495 e. The Morgan fingerprint density at radius 2 is 1.61 bits per heavy atom. The average molecular weight is 438 g/mol. The highest BCUT2D eigenvalue weighted by Crippen LogP contribution is 2.24. The van der Waals surface area contributed by atoms with Gasteiger partial charge in [-0.25, -0.2) is 0 Å². The third kappa shape index (κ3) is 6.31. The van der Waals surface area contributed by atoms with E-state index in [-0.39, 0.29) is 18.4 Å². The summed E-state index contributed by atoms with van der Waals surface area (Å²) in [5.74, 6) is 0.170. The van der Waals surface area contributed by atoms with Crippen molar-refractivity contribution in [3.63, 3.8) is 0 Å². The first-order valence-electron chi connectivity index (χ1n) is 9.72. The van der Waals surface area contributed by atoms with Crippen molar-refractivity contribution in [2.45, 2.75) is 6.54 Å². The van der Waals surface area contributed by atoms with Crippen LogP contribution >= 0.6 is 11.6 Å². The normalized spacial score (nSPS) is 10.6. The van der Waals surface area contributed by atoms with Crippen LogP contribution in [-0.4, -0.2) is 37.4 Å². The summed E-state index contributed by atoms with van der Waals surface area (Å²) in [5, 5.41) is 6.34. The third-order valence-corrected chi connectivity index (χ3v) is 4.97. The van der Waals surface area contributed by atoms with E-state index in [2.05, 4.69) is 10.6 Å². The molecule has 0 bridgehead atoms. The lowest BCUT2D eigenvalue weighted by atomic mass is 10.2. The fraction of sp³-hybridized carbons (Fsp3) is 0.167. The van der Waals surface area contributed by atoms with Gasteiger partial charge in [0.05, 0.1) is 19.3 Å². The van der Waals surface area contributed by atoms with E-state index < -0.39 is 0 Å². The molecule has 3 rings (SSSR count). The number of nitrogens with one attached hydrogen (secondary N) is 2. The Morgan fingerprint density at radius 3 is 2.32 bits per heavy atom. The van der Waals surface area contributed by atoms with Crippen LogP contribution in [0.2, 0.25) is 5.02 Å². The molecular weight excluding hydrogens is 414 g/mol. The maximum atomic E-state index is 12.5. The van der Waals surface area contributed by atoms with Crippen LogP contribution in [0.4, 0.5) is 11.4 Å². The number of rotatable bonds is 8. The fourth-order valence-corrected chi connectivity index (χ4v) is 3.26. The van der Waals surface area contributed by atoms with Gasteiger partial charge in [-0.15, -0.1) is 0 Å². The van der Waals surface area contributed by atoms with E-state index >= 15 is 0 Å². The zero-order chi connectivity index (χ0) is 22.2. The van der Waals surface area contributed by atoms with Crippen molar-refractivity contribution in [2.24, 2.45) is 0 Å². The number of amides is 2. The Balaban J connectivity index is 1.54. The first kappa shape index (κ1) is 22.3. The number of carbonyl (C=O) groups is 2. The minimum Gasteiger partial charge on any atom is -0.495 e. The topological polar surface area (TPSA) is 70.7 Å². The average Bonchev–Trinajstić information content (AvgIpc) is 2.76. The van der Waals surface area contributed by atoms with E-state index in [1.165, 1.54) is 0 Å². The molecule has 6 nitrogen and oxygen atoms in total. The van der Waals surface area contributed by atoms with Gasteiger partial charge < -0.3 is 15.4 Å². The molecule has 0 aromatic heterocycles. The quantitative estimate of drug-likeness (QED) is 0.537. The summed E-state index contributed by atoms with van der Waals surface area (Å²) in [5.41, 5.74) is 2.64. The molecule has 0 aliphatic carbocycles. The van der Waals surface area contributed by atoms with E-state index in [0.717, 1.165) is 5.56 Å². The number of anilines is 2. The van der Waals surface area contributed by atoms with Crippen molar-refractivity contribution in [3.05, 3.63) is 88.9 Å². The molecule has 0 radical (unpaired) electrons. The molecule has 31 heavy (non-hydrogen) atoms. The molecule has 0 spiro atoms. The molecule has 0 saturated heterocycles. The summed E-state index contributed by atoms with van der Waals surface area (Å²) in [6.45, 7) is 0.774. The van der Waals surface area contributed by atoms with Crippen LogP contribution in [-0.2, 0) is 11.3 Å². The number of hydrogen-bond donors (Lipinski definition) is 2. The summed E-state index contributed by atoms with van der Waals surface area (Å²) in [7, 11) is 3.41. The van der Waals surface area contributed by atoms with Gasteiger partial charge in [0.15, 0.2) is 0 Å². The van der Waals surface area contributed by atoms with Gasteiger partial charge in [0, 0.05) is 22.8 Å². The fourth-order valence-electron chi connectivity index (χ4n) is 3.07. The van der Waals surface area contributed by atoms with Crippen LogP contribution in [0, 0.1) is 0 Å². The van der Waals surface area contributed by atoms with Gasteiger partial charge in [-0.05, 0) is 55.1 Å². The lowest BCUT2D eigenvalue weighted by Gasteiger charge is -2.17. The Kier molecular flexibility index (Phi) is 7.65. The van der Waals surface area contributed by atoms with Crippen LogP contribution in [0.15, 0.2) is 72.8 Å². The van der Waals surface area contributed by atoms with Crippen molar-refractivity contribution in [1.29, 1.82) is 0 Å². The van der Waals surface area contributed by atoms with Gasteiger partial charge >= 0.3 is 0 Å². The zero-order valence-corrected chi connectivity index (χ0v) is 18.1. The van der Waals surface area contributed by atoms with Gasteiger partial charge in [0.25, 0.3) is 5.91 Å². The molecule has 160 valence electrons. The molecule has 0 atom stereocenters. The van der Waals surface area contributed by atoms with E-state index in [4.69, 9.17) is 16.3 Å². The van der Waals surface area contributed by atoms with Crippen LogP contribution in [0.1, 0.15) is 15.9 Å². The number of methoxy groups -OCH3 is 1. The summed E-state index contributed by atoms with van der Waals surface area (Å²) in [6.07, 6.45) is 0. The highest BCUT2D eigenvalue weighted by Gasteiger charge is 2.11. The lowest BCUT2D eigenvalue weighted by molar-refractivity contribution is -0.117. The van der Waals surface area contributed by atoms with E-state index in [1.54, 1.807) is 43.5 Å². The molecule has 0 heterocycles. The second-order valence-corrected chi connectivity index (χ2v) is 7.45. The van der Waals surface area contributed by atoms with Gasteiger partial charge in [-0.1, -0.05) is 41.9 Å². The summed E-state index contributed by atoms with van der Waals surface area (Å²) in [4.78, 5) is 26.7. The van der Waals surface area contributed by atoms with Crippen molar-refractivity contribution < 1.29 is 14.3 Å². The zero-order valence-electron chi connectivity index (χ0n) is 17.4. The highest BCUT2D eigenvalue weighted by molar-refractivity contribution is 6.31. The highest BCUT2D eigenvalue weighted by atomic mass is 35.5. The van der Waals surface area contributed by atoms with Crippen molar-refractivity contribution in [1.82, 2.24) is 4.90 Å². The smallest absolute Gasteiger partial charge is 0.255 e. The van der Waals surface area contributed by atoms with Crippen LogP contribution in [0.25, 0.3) is 0 Å². The maximum Gasteiger partial charge on any atom is 0.255 e. The molecule has 3 aromatic carbocycles. The van der Waals surface area contributed by atoms with Crippen molar-refractivity contribution in [2.75, 3.05) is 31.3 Å². The Bertz CT molecular complexity index is 1050. The minimum absolute atomic E-state index is 0.152. The van der Waals surface area contributed by atoms with Gasteiger partial charge in [0.1, 0.15) is 5.75 Å². The number of halogens is 1. The predicted molar refractivity (Wildman–Crippen MR) is 124 cm³/mol. The molecule has 0 fully saturated rings. The number of para-hydroxylation sites is 2. The first-order chi connectivity index (χ1) is 15.0. The van der Waals surface area contributed by atoms with Crippen LogP contribution in [0.3, 0.4) is 0 Å². The number of ether oxygens (including phenoxy) is 1. The molecule has 3 aromatic rings. The number of benzene rings is 3. The summed E-state index contributed by atoms with van der Waals surface area (Å²) < 4.78 is 5.25. The van der Waals surface area contributed by atoms with Crippen molar-refractivity contribution in [3.8, 4) is 5.75 Å². The molecule has 7 heteroatoms. The Hall–Kier alpha value is -3.35. The molecule has 2 N–H and O–H groups in total. The second kappa shape index (κ2) is 10.6. The first-order valence-corrected chi connectivity index (χ1v) is 10.1. The Labute approximate surface area is 186 Å². The summed E-state index contributed by atoms with van der Waals surface area (Å²) in [6, 6.07) is 21.5. The van der Waals surface area contributed by atoms with Gasteiger partial charge in [0.2, 0.25) is 5.91 Å². The number of likely N-dealkylation sites (N-methyl/N-ethyl adjacent to an activating group) is 1. The molecule has 0 saturated carbocycles. The molecule has 2 amide bonds. The second-order valence-electron chi connectivity index (χ2n) is 7.04. The predicted octanol–water partition coefficient (Wildman–Crippen LogP) is 4.67. The molecule has 0 aliphatic heterocycles. The molecule has 0 aliphatic rings. The molecule has 0 unspecified atom stereocenters. The SMILES string of the molecule is COc1ccccc1NC(=O)c1ccc(NC(=O)CN(C)Cc2ccccc2Cl)cc1. The molecular formula is C24H24ClN3O3. The lowest BCUT2D eigenvalue weighted by Crippen LogP contribution is -2.29. The van der Waals surface area contributed by atoms with Crippen LogP contribution in [0.5, 0.6) is 5.75 Å². The Morgan fingerprint density at radius 1 is 0.935 bits per heavy atom. The van der Waals surface area contributed by atoms with E-state index in [0.29, 0.717) is 34.3 Å². The van der Waals surface area contributed by atoms with E-state index in [9.17, 15) is 9.59 Å². The van der Waals surface area contributed by atoms with Gasteiger partial charge in [-0.2, -0.15) is 0 Å². The number of hydrogen-bond acceptors (Lipinski definition) is 4.